The Balaban J connectivity index is 1.63. The largest absolute Gasteiger partial charge is 0.394 e. The third-order valence-electron chi connectivity index (χ3n) is 4.38. The van der Waals surface area contributed by atoms with E-state index >= 15 is 0 Å². The fourth-order valence-corrected chi connectivity index (χ4v) is 3.08. The van der Waals surface area contributed by atoms with E-state index in [1.54, 1.807) is 4.52 Å². The van der Waals surface area contributed by atoms with Gasteiger partial charge in [-0.1, -0.05) is 25.1 Å². The highest BCUT2D eigenvalue weighted by atomic mass is 16.3. The molecular formula is C18H20N6O. The molecule has 0 aliphatic carbocycles. The molecule has 7 heteroatoms. The molecule has 7 nitrogen and oxygen atoms in total. The van der Waals surface area contributed by atoms with Gasteiger partial charge in [0, 0.05) is 28.9 Å². The molecule has 0 aliphatic rings. The van der Waals surface area contributed by atoms with Crippen molar-refractivity contribution in [2.75, 3.05) is 11.9 Å². The van der Waals surface area contributed by atoms with Gasteiger partial charge in [0.05, 0.1) is 12.6 Å². The minimum Gasteiger partial charge on any atom is -0.394 e. The van der Waals surface area contributed by atoms with E-state index in [4.69, 9.17) is 0 Å². The van der Waals surface area contributed by atoms with Gasteiger partial charge in [-0.25, -0.2) is 4.98 Å². The molecule has 4 aromatic rings. The molecule has 0 saturated carbocycles. The number of aryl methyl sites for hydroxylation is 1. The van der Waals surface area contributed by atoms with Crippen LogP contribution in [0.1, 0.15) is 18.2 Å². The molecule has 3 heterocycles. The average molecular weight is 336 g/mol. The van der Waals surface area contributed by atoms with Gasteiger partial charge in [0.2, 0.25) is 0 Å². The normalized spacial score (nSPS) is 12.7. The third kappa shape index (κ3) is 2.94. The highest BCUT2D eigenvalue weighted by Crippen LogP contribution is 2.20. The van der Waals surface area contributed by atoms with Gasteiger partial charge in [0.15, 0.2) is 0 Å². The SMILES string of the molecule is CCc1cc(NC(CO)Cc2c[nH]c3ccccc23)n2ncnc2n1. The molecule has 1 aromatic carbocycles. The third-order valence-corrected chi connectivity index (χ3v) is 4.38. The highest BCUT2D eigenvalue weighted by Gasteiger charge is 2.15. The quantitative estimate of drug-likeness (QED) is 0.502. The van der Waals surface area contributed by atoms with E-state index in [0.29, 0.717) is 12.2 Å². The predicted octanol–water partition coefficient (Wildman–Crippen LogP) is 2.18. The first-order valence-corrected chi connectivity index (χ1v) is 8.40. The average Bonchev–Trinajstić information content (AvgIpc) is 3.28. The Morgan fingerprint density at radius 3 is 3.04 bits per heavy atom. The summed E-state index contributed by atoms with van der Waals surface area (Å²) in [6.07, 6.45) is 5.00. The Morgan fingerprint density at radius 1 is 1.32 bits per heavy atom. The van der Waals surface area contributed by atoms with E-state index in [1.807, 2.05) is 24.4 Å². The zero-order valence-corrected chi connectivity index (χ0v) is 14.0. The zero-order valence-electron chi connectivity index (χ0n) is 14.0. The first-order chi connectivity index (χ1) is 12.3. The topological polar surface area (TPSA) is 91.1 Å². The van der Waals surface area contributed by atoms with Crippen molar-refractivity contribution < 1.29 is 5.11 Å². The molecule has 0 aliphatic heterocycles. The van der Waals surface area contributed by atoms with Crippen molar-refractivity contribution in [3.8, 4) is 0 Å². The maximum atomic E-state index is 9.87. The van der Waals surface area contributed by atoms with Crippen LogP contribution in [0.5, 0.6) is 0 Å². The fraction of sp³-hybridized carbons (Fsp3) is 0.278. The lowest BCUT2D eigenvalue weighted by Gasteiger charge is -2.18. The second-order valence-electron chi connectivity index (χ2n) is 6.05. The summed E-state index contributed by atoms with van der Waals surface area (Å²) in [5, 5.41) is 18.7. The van der Waals surface area contributed by atoms with Gasteiger partial charge in [-0.15, -0.1) is 0 Å². The van der Waals surface area contributed by atoms with E-state index in [0.717, 1.165) is 23.4 Å². The maximum absolute atomic E-state index is 9.87. The molecule has 0 amide bonds. The van der Waals surface area contributed by atoms with E-state index in [1.165, 1.54) is 17.3 Å². The summed E-state index contributed by atoms with van der Waals surface area (Å²) in [5.41, 5.74) is 3.21. The number of aromatic nitrogens is 5. The van der Waals surface area contributed by atoms with Crippen LogP contribution in [-0.2, 0) is 12.8 Å². The van der Waals surface area contributed by atoms with Crippen LogP contribution in [0.4, 0.5) is 5.82 Å². The minimum absolute atomic E-state index is 0.0134. The number of fused-ring (bicyclic) bond motifs is 2. The number of H-pyrrole nitrogens is 1. The lowest BCUT2D eigenvalue weighted by Crippen LogP contribution is -2.27. The standard InChI is InChI=1S/C18H20N6O/c1-2-13-8-17(24-18(23-13)20-11-21-24)22-14(10-25)7-12-9-19-16-6-4-3-5-15(12)16/h3-6,8-9,11,14,19,22,25H,2,7,10H2,1H3. The van der Waals surface area contributed by atoms with Crippen LogP contribution in [0.3, 0.4) is 0 Å². The van der Waals surface area contributed by atoms with Gasteiger partial charge in [0.1, 0.15) is 12.1 Å². The molecule has 4 rings (SSSR count). The van der Waals surface area contributed by atoms with Crippen molar-refractivity contribution >= 4 is 22.5 Å². The number of hydrogen-bond acceptors (Lipinski definition) is 5. The summed E-state index contributed by atoms with van der Waals surface area (Å²) in [6.45, 7) is 2.06. The Morgan fingerprint density at radius 2 is 2.20 bits per heavy atom. The van der Waals surface area contributed by atoms with Crippen LogP contribution in [-0.4, -0.2) is 42.3 Å². The number of rotatable bonds is 6. The van der Waals surface area contributed by atoms with E-state index < -0.39 is 0 Å². The Kier molecular flexibility index (Phi) is 4.07. The van der Waals surface area contributed by atoms with Crippen molar-refractivity contribution in [1.29, 1.82) is 0 Å². The summed E-state index contributed by atoms with van der Waals surface area (Å²) in [5.74, 6) is 1.35. The lowest BCUT2D eigenvalue weighted by atomic mass is 10.1. The zero-order chi connectivity index (χ0) is 17.2. The van der Waals surface area contributed by atoms with Crippen molar-refractivity contribution in [3.63, 3.8) is 0 Å². The fourth-order valence-electron chi connectivity index (χ4n) is 3.08. The molecule has 3 N–H and O–H groups in total. The molecule has 3 aromatic heterocycles. The molecule has 0 bridgehead atoms. The van der Waals surface area contributed by atoms with Crippen LogP contribution in [0.25, 0.3) is 16.7 Å². The van der Waals surface area contributed by atoms with Gasteiger partial charge in [-0.3, -0.25) is 0 Å². The smallest absolute Gasteiger partial charge is 0.254 e. The summed E-state index contributed by atoms with van der Waals surface area (Å²) in [4.78, 5) is 11.9. The van der Waals surface area contributed by atoms with Gasteiger partial charge in [-0.2, -0.15) is 14.6 Å². The minimum atomic E-state index is -0.140. The number of anilines is 1. The number of nitrogens with zero attached hydrogens (tertiary/aromatic N) is 4. The first-order valence-electron chi connectivity index (χ1n) is 8.40. The number of benzene rings is 1. The monoisotopic (exact) mass is 336 g/mol. The Hall–Kier alpha value is -2.93. The van der Waals surface area contributed by atoms with Crippen LogP contribution in [0.15, 0.2) is 42.9 Å². The van der Waals surface area contributed by atoms with Gasteiger partial charge < -0.3 is 15.4 Å². The van der Waals surface area contributed by atoms with Gasteiger partial charge >= 0.3 is 0 Å². The second kappa shape index (κ2) is 6.52. The molecule has 0 saturated heterocycles. The van der Waals surface area contributed by atoms with Crippen LogP contribution < -0.4 is 5.32 Å². The van der Waals surface area contributed by atoms with Gasteiger partial charge in [0.25, 0.3) is 5.78 Å². The Bertz CT molecular complexity index is 1010. The molecule has 1 atom stereocenters. The van der Waals surface area contributed by atoms with Crippen molar-refractivity contribution in [2.45, 2.75) is 25.8 Å². The number of hydrogen-bond donors (Lipinski definition) is 3. The molecule has 0 radical (unpaired) electrons. The number of para-hydroxylation sites is 1. The highest BCUT2D eigenvalue weighted by molar-refractivity contribution is 5.83. The van der Waals surface area contributed by atoms with Gasteiger partial charge in [-0.05, 0) is 24.5 Å². The first kappa shape index (κ1) is 15.6. The number of nitrogens with one attached hydrogen (secondary N) is 2. The van der Waals surface area contributed by atoms with Crippen molar-refractivity contribution in [3.05, 3.63) is 54.1 Å². The number of aliphatic hydroxyl groups is 1. The maximum Gasteiger partial charge on any atom is 0.254 e. The molecule has 25 heavy (non-hydrogen) atoms. The summed E-state index contributed by atoms with van der Waals surface area (Å²) >= 11 is 0. The molecule has 128 valence electrons. The van der Waals surface area contributed by atoms with Crippen LogP contribution in [0, 0.1) is 0 Å². The summed E-state index contributed by atoms with van der Waals surface area (Å²) in [6, 6.07) is 9.99. The Labute approximate surface area is 144 Å². The number of aliphatic hydroxyl groups excluding tert-OH is 1. The van der Waals surface area contributed by atoms with E-state index in [2.05, 4.69) is 44.4 Å². The van der Waals surface area contributed by atoms with Crippen LogP contribution >= 0.6 is 0 Å². The summed E-state index contributed by atoms with van der Waals surface area (Å²) in [7, 11) is 0. The molecule has 0 fully saturated rings. The summed E-state index contributed by atoms with van der Waals surface area (Å²) < 4.78 is 1.66. The lowest BCUT2D eigenvalue weighted by molar-refractivity contribution is 0.273. The van der Waals surface area contributed by atoms with Crippen molar-refractivity contribution in [2.24, 2.45) is 0 Å². The molecular weight excluding hydrogens is 316 g/mol. The van der Waals surface area contributed by atoms with E-state index in [9.17, 15) is 5.11 Å². The molecule has 1 unspecified atom stereocenters. The second-order valence-corrected chi connectivity index (χ2v) is 6.05. The number of aromatic amines is 1. The van der Waals surface area contributed by atoms with Crippen LogP contribution in [0.2, 0.25) is 0 Å². The molecule has 0 spiro atoms. The predicted molar refractivity (Wildman–Crippen MR) is 96.7 cm³/mol. The van der Waals surface area contributed by atoms with Crippen molar-refractivity contribution in [1.82, 2.24) is 24.6 Å². The van der Waals surface area contributed by atoms with E-state index in [-0.39, 0.29) is 12.6 Å².